The van der Waals surface area contributed by atoms with Crippen molar-refractivity contribution >= 4 is 38.8 Å². The fourth-order valence-corrected chi connectivity index (χ4v) is 14.0. The third-order valence-electron chi connectivity index (χ3n) is 15.2. The fraction of sp³-hybridized carbons (Fsp3) is 0.569. The number of nitrogens with zero attached hydrogens (tertiary/aromatic N) is 2. The number of benzene rings is 4. The number of nitrogens with one attached hydrogen (secondary N) is 2. The van der Waals surface area contributed by atoms with E-state index in [9.17, 15) is 22.9 Å². The first-order valence-corrected chi connectivity index (χ1v) is 30.8. The Balaban J connectivity index is 0.572. The van der Waals surface area contributed by atoms with Gasteiger partial charge in [-0.05, 0) is 111 Å². The molecule has 1 spiro atoms. The maximum atomic E-state index is 14.5. The second kappa shape index (κ2) is 27.9. The Morgan fingerprint density at radius 3 is 1.57 bits per heavy atom. The maximum Gasteiger partial charge on any atom is 0.299 e. The molecule has 4 aromatic rings. The van der Waals surface area contributed by atoms with Gasteiger partial charge in [-0.2, -0.15) is 8.42 Å². The van der Waals surface area contributed by atoms with Crippen LogP contribution in [-0.2, 0) is 106 Å². The van der Waals surface area contributed by atoms with Crippen LogP contribution in [0.3, 0.4) is 0 Å². The van der Waals surface area contributed by atoms with Crippen LogP contribution in [-0.4, -0.2) is 169 Å². The summed E-state index contributed by atoms with van der Waals surface area (Å²) in [5, 5.41) is 12.2. The van der Waals surface area contributed by atoms with Gasteiger partial charge < -0.3 is 67.4 Å². The van der Waals surface area contributed by atoms with Crippen LogP contribution >= 0.6 is 0 Å². The molecule has 0 saturated heterocycles. The number of amides is 1. The van der Waals surface area contributed by atoms with E-state index >= 15 is 0 Å². The molecule has 1 amide bonds. The minimum absolute atomic E-state index is 0.0326. The summed E-state index contributed by atoms with van der Waals surface area (Å²) >= 11 is -1.72. The molecule has 1 unspecified atom stereocenters. The molecule has 1 atom stereocenters. The van der Waals surface area contributed by atoms with E-state index in [-0.39, 0.29) is 36.1 Å². The number of aryl methyl sites for hydroxylation is 2. The molecule has 19 nitrogen and oxygen atoms in total. The molecule has 0 radical (unpaired) electrons. The predicted molar refractivity (Wildman–Crippen MR) is 296 cm³/mol. The number of aromatic hydroxyl groups is 1. The summed E-state index contributed by atoms with van der Waals surface area (Å²) in [7, 11) is -4.31. The lowest BCUT2D eigenvalue weighted by Crippen LogP contribution is -2.40. The summed E-state index contributed by atoms with van der Waals surface area (Å²) in [5.74, 6) is 1.62. The van der Waals surface area contributed by atoms with Crippen molar-refractivity contribution < 1.29 is 69.7 Å². The molecular formula is C58H76N4O15S2. The monoisotopic (exact) mass is 1130 g/mol. The van der Waals surface area contributed by atoms with Gasteiger partial charge in [-0.25, -0.2) is 4.18 Å². The molecule has 0 aromatic heterocycles. The number of hydrogen-bond acceptors (Lipinski definition) is 18. The number of ether oxygens (including phenoxy) is 9. The Morgan fingerprint density at radius 1 is 0.595 bits per heavy atom. The number of hydrogen-bond donors (Lipinski definition) is 3. The van der Waals surface area contributed by atoms with Crippen LogP contribution in [0.2, 0.25) is 0 Å². The van der Waals surface area contributed by atoms with E-state index in [0.29, 0.717) is 123 Å². The molecule has 0 aliphatic carbocycles. The number of rotatable bonds is 32. The van der Waals surface area contributed by atoms with Gasteiger partial charge in [0.15, 0.2) is 10.5 Å². The normalized spacial score (nSPS) is 17.4. The second-order valence-electron chi connectivity index (χ2n) is 20.4. The zero-order chi connectivity index (χ0) is 54.4. The zero-order valence-corrected chi connectivity index (χ0v) is 46.8. The van der Waals surface area contributed by atoms with E-state index < -0.39 is 27.1 Å². The highest BCUT2D eigenvalue weighted by Crippen LogP contribution is 2.63. The van der Waals surface area contributed by atoms with Crippen molar-refractivity contribution in [2.75, 3.05) is 155 Å². The summed E-state index contributed by atoms with van der Waals surface area (Å²) < 4.78 is 104. The van der Waals surface area contributed by atoms with E-state index in [1.54, 1.807) is 18.2 Å². The van der Waals surface area contributed by atoms with Crippen molar-refractivity contribution in [1.29, 1.82) is 0 Å². The van der Waals surface area contributed by atoms with Gasteiger partial charge in [-0.1, -0.05) is 12.1 Å². The first-order valence-electron chi connectivity index (χ1n) is 28.2. The first-order chi connectivity index (χ1) is 38.7. The van der Waals surface area contributed by atoms with Crippen molar-refractivity contribution in [3.05, 3.63) is 99.1 Å². The third-order valence-corrected chi connectivity index (χ3v) is 17.7. The van der Waals surface area contributed by atoms with Crippen molar-refractivity contribution in [2.24, 2.45) is 0 Å². The van der Waals surface area contributed by atoms with Gasteiger partial charge in [-0.3, -0.25) is 4.79 Å². The topological polar surface area (TPSA) is 217 Å². The number of anilines is 2. The summed E-state index contributed by atoms with van der Waals surface area (Å²) in [5.41, 5.74) is 8.83. The number of phenols is 1. The van der Waals surface area contributed by atoms with Crippen molar-refractivity contribution in [2.45, 2.75) is 79.6 Å². The summed E-state index contributed by atoms with van der Waals surface area (Å²) in [6, 6.07) is 16.3. The second-order valence-corrected chi connectivity index (χ2v) is 23.2. The van der Waals surface area contributed by atoms with Crippen LogP contribution in [0, 0.1) is 0 Å². The van der Waals surface area contributed by atoms with Gasteiger partial charge in [0.05, 0.1) is 124 Å². The average molecular weight is 1130 g/mol. The van der Waals surface area contributed by atoms with Gasteiger partial charge >= 0.3 is 0 Å². The summed E-state index contributed by atoms with van der Waals surface area (Å²) in [6.07, 6.45) is 8.55. The van der Waals surface area contributed by atoms with Gasteiger partial charge in [0.2, 0.25) is 5.91 Å². The van der Waals surface area contributed by atoms with Crippen LogP contribution in [0.25, 0.3) is 0 Å². The highest BCUT2D eigenvalue weighted by atomic mass is 32.2. The highest BCUT2D eigenvalue weighted by Gasteiger charge is 2.58. The lowest BCUT2D eigenvalue weighted by Gasteiger charge is -2.45. The Kier molecular flexibility index (Phi) is 20.4. The Labute approximate surface area is 467 Å². The summed E-state index contributed by atoms with van der Waals surface area (Å²) in [6.45, 7) is 11.3. The van der Waals surface area contributed by atoms with Crippen molar-refractivity contribution in [1.82, 2.24) is 10.0 Å². The number of fused-ring (bicyclic) bond motifs is 8. The largest absolute Gasteiger partial charge is 0.593 e. The molecule has 21 heteroatoms. The average Bonchev–Trinajstić information content (AvgIpc) is 3.27. The highest BCUT2D eigenvalue weighted by molar-refractivity contribution is 7.89. The van der Waals surface area contributed by atoms with Gasteiger partial charge in [0.1, 0.15) is 22.1 Å². The van der Waals surface area contributed by atoms with Gasteiger partial charge in [0.25, 0.3) is 10.1 Å². The molecule has 6 aliphatic rings. The Morgan fingerprint density at radius 2 is 1.06 bits per heavy atom. The molecule has 0 saturated carbocycles. The first kappa shape index (κ1) is 57.6. The third kappa shape index (κ3) is 13.8. The minimum atomic E-state index is -4.31. The molecule has 0 fully saturated rings. The number of phenolic OH excluding ortho intramolecular Hbond substituents is 1. The standard InChI is InChI=1S/C58H76N4O15S2/c63-45-11-9-42(10-12-45)15-17-59-53(64)16-23-68-25-27-70-29-31-72-33-35-74-37-38-75-36-34-73-32-30-71-28-26-69-24-18-60-78(65)46-13-14-49-52(41-46)79(66,67)77-58(49)50-39-43-5-1-19-61-21-3-7-47(54(43)61)56(50)76-57-48-8-4-22-62-20-2-6-44(55(48)62)40-51(57)58/h9-14,39-41,60,63H,1-8,15-38H2,(H,59,64). The molecule has 79 heavy (non-hydrogen) atoms. The van der Waals surface area contributed by atoms with Crippen molar-refractivity contribution in [3.8, 4) is 17.2 Å². The minimum Gasteiger partial charge on any atom is -0.593 e. The zero-order valence-electron chi connectivity index (χ0n) is 45.2. The van der Waals surface area contributed by atoms with E-state index in [1.165, 1.54) is 28.6 Å². The van der Waals surface area contributed by atoms with E-state index in [2.05, 4.69) is 32.0 Å². The van der Waals surface area contributed by atoms with Crippen LogP contribution in [0.5, 0.6) is 17.2 Å². The molecule has 10 rings (SSSR count). The van der Waals surface area contributed by atoms with Gasteiger partial charge in [-0.15, -0.1) is 4.72 Å². The van der Waals surface area contributed by atoms with E-state index in [4.69, 9.17) is 46.8 Å². The number of carbonyl (C=O) groups is 1. The van der Waals surface area contributed by atoms with E-state index in [0.717, 1.165) is 117 Å². The molecule has 0 bridgehead atoms. The molecule has 4 aromatic carbocycles. The molecule has 3 N–H and O–H groups in total. The van der Waals surface area contributed by atoms with Crippen LogP contribution in [0.1, 0.15) is 76.6 Å². The quantitative estimate of drug-likeness (QED) is 0.0317. The summed E-state index contributed by atoms with van der Waals surface area (Å²) in [4.78, 5) is 17.3. The Bertz CT molecular complexity index is 2720. The van der Waals surface area contributed by atoms with Crippen LogP contribution < -0.4 is 24.6 Å². The molecule has 6 aliphatic heterocycles. The van der Waals surface area contributed by atoms with Crippen LogP contribution in [0.15, 0.2) is 64.4 Å². The van der Waals surface area contributed by atoms with E-state index in [1.807, 2.05) is 18.2 Å². The SMILES string of the molecule is O=C(CCOCCOCCOCCOCCOCCOCCOCCOCCN[S+]([O-])c1ccc2c(c1)S(=O)(=O)OC21c2cc3c4c(c2Oc2c1cc1c5c2CCCN5CCC1)CCCN4CCC3)NCCc1ccc(O)cc1. The smallest absolute Gasteiger partial charge is 0.299 e. The molecule has 6 heterocycles. The van der Waals surface area contributed by atoms with Gasteiger partial charge in [0, 0.05) is 84.4 Å². The van der Waals surface area contributed by atoms with Crippen LogP contribution in [0.4, 0.5) is 11.4 Å². The predicted octanol–water partition coefficient (Wildman–Crippen LogP) is 5.40. The van der Waals surface area contributed by atoms with Crippen molar-refractivity contribution in [3.63, 3.8) is 0 Å². The lowest BCUT2D eigenvalue weighted by molar-refractivity contribution is -0.122. The molecular weight excluding hydrogens is 1060 g/mol. The maximum absolute atomic E-state index is 14.5. The lowest BCUT2D eigenvalue weighted by atomic mass is 9.73. The fourth-order valence-electron chi connectivity index (χ4n) is 11.6. The Hall–Kier alpha value is -4.59. The number of carbonyl (C=O) groups excluding carboxylic acids is 1. The molecule has 430 valence electrons.